The molecule has 1 aliphatic rings. The van der Waals surface area contributed by atoms with Gasteiger partial charge >= 0.3 is 6.09 Å². The molecule has 10 atom stereocenters. The first-order valence-electron chi connectivity index (χ1n) is 19.2. The lowest BCUT2D eigenvalue weighted by Gasteiger charge is -2.41. The number of nitrogens with one attached hydrogen (secondary N) is 2. The van der Waals surface area contributed by atoms with E-state index in [4.69, 9.17) is 9.47 Å². The number of benzene rings is 1. The summed E-state index contributed by atoms with van der Waals surface area (Å²) in [5.74, 6) is -2.82. The van der Waals surface area contributed by atoms with Gasteiger partial charge in [-0.2, -0.15) is 0 Å². The number of carboxylic acid groups (broad SMARTS) is 1. The van der Waals surface area contributed by atoms with Crippen LogP contribution in [0.4, 0.5) is 4.79 Å². The molecule has 14 heteroatoms. The molecule has 3 unspecified atom stereocenters. The normalized spacial score (nSPS) is 19.5. The van der Waals surface area contributed by atoms with Crippen molar-refractivity contribution in [2.75, 3.05) is 34.9 Å². The highest BCUT2D eigenvalue weighted by molar-refractivity contribution is 5.91. The molecule has 2 rings (SSSR count). The molecular formula is C40H67N5O9. The van der Waals surface area contributed by atoms with Crippen LogP contribution in [0.2, 0.25) is 0 Å². The first-order chi connectivity index (χ1) is 25.3. The summed E-state index contributed by atoms with van der Waals surface area (Å²) in [7, 11) is 6.02. The van der Waals surface area contributed by atoms with E-state index >= 15 is 0 Å². The molecule has 0 saturated carbocycles. The first kappa shape index (κ1) is 46.4. The number of hydrogen-bond acceptors (Lipinski definition) is 8. The van der Waals surface area contributed by atoms with Crippen molar-refractivity contribution in [1.82, 2.24) is 25.3 Å². The number of aliphatic hydroxyl groups is 1. The molecule has 0 aromatic heterocycles. The Morgan fingerprint density at radius 3 is 2.00 bits per heavy atom. The third-order valence-electron chi connectivity index (χ3n) is 11.1. The molecule has 306 valence electrons. The van der Waals surface area contributed by atoms with Crippen LogP contribution in [-0.2, 0) is 28.7 Å². The van der Waals surface area contributed by atoms with Gasteiger partial charge < -0.3 is 40.1 Å². The third kappa shape index (κ3) is 11.6. The van der Waals surface area contributed by atoms with Gasteiger partial charge in [0.25, 0.3) is 0 Å². The number of amides is 5. The van der Waals surface area contributed by atoms with Crippen molar-refractivity contribution in [3.05, 3.63) is 35.9 Å². The number of likely N-dealkylation sites (N-methyl/N-ethyl adjacent to an activating group) is 2. The topological polar surface area (TPSA) is 178 Å². The van der Waals surface area contributed by atoms with Gasteiger partial charge in [0.15, 0.2) is 0 Å². The highest BCUT2D eigenvalue weighted by Gasteiger charge is 2.43. The van der Waals surface area contributed by atoms with Gasteiger partial charge in [-0.3, -0.25) is 24.1 Å². The zero-order valence-corrected chi connectivity index (χ0v) is 34.4. The quantitative estimate of drug-likeness (QED) is 0.153. The molecule has 14 nitrogen and oxygen atoms in total. The fourth-order valence-electron chi connectivity index (χ4n) is 7.70. The smallest absolute Gasteiger partial charge is 0.407 e. The molecule has 54 heavy (non-hydrogen) atoms. The second-order valence-electron chi connectivity index (χ2n) is 15.6. The SMILES string of the molecule is CC[C@@H](C)[C@@H]([C@@H](CC(=O)N1CCCC1[C@H](OC)[C@@H](C)C(=O)N[C@H](C)[C@@H](O)c1ccccc1)OC)N(C)C(=O)C(NC(=O)C(C(C)C)N(C)C(=O)O)C(C)C. The maximum atomic E-state index is 14.2. The Hall–Kier alpha value is -3.75. The van der Waals surface area contributed by atoms with Crippen LogP contribution in [0.5, 0.6) is 0 Å². The molecule has 0 bridgehead atoms. The van der Waals surface area contributed by atoms with E-state index in [-0.39, 0.29) is 47.9 Å². The minimum absolute atomic E-state index is 0.0333. The average Bonchev–Trinajstić information content (AvgIpc) is 3.62. The van der Waals surface area contributed by atoms with Crippen molar-refractivity contribution in [1.29, 1.82) is 0 Å². The summed E-state index contributed by atoms with van der Waals surface area (Å²) in [4.78, 5) is 71.3. The molecule has 1 fully saturated rings. The minimum Gasteiger partial charge on any atom is -0.465 e. The van der Waals surface area contributed by atoms with Gasteiger partial charge in [0.2, 0.25) is 23.6 Å². The number of aliphatic hydroxyl groups excluding tert-OH is 1. The number of methoxy groups -OCH3 is 2. The number of ether oxygens (including phenoxy) is 2. The van der Waals surface area contributed by atoms with E-state index in [1.165, 1.54) is 21.3 Å². The van der Waals surface area contributed by atoms with Crippen LogP contribution in [0.15, 0.2) is 30.3 Å². The third-order valence-corrected chi connectivity index (χ3v) is 11.1. The second-order valence-corrected chi connectivity index (χ2v) is 15.6. The number of carbonyl (C=O) groups is 5. The van der Waals surface area contributed by atoms with Gasteiger partial charge in [-0.1, -0.05) is 85.2 Å². The van der Waals surface area contributed by atoms with Crippen LogP contribution < -0.4 is 10.6 Å². The number of nitrogens with zero attached hydrogens (tertiary/aromatic N) is 3. The lowest BCUT2D eigenvalue weighted by atomic mass is 9.89. The van der Waals surface area contributed by atoms with E-state index in [1.54, 1.807) is 56.7 Å². The molecule has 1 aliphatic heterocycles. The zero-order valence-electron chi connectivity index (χ0n) is 34.4. The van der Waals surface area contributed by atoms with E-state index in [1.807, 2.05) is 45.9 Å². The maximum Gasteiger partial charge on any atom is 0.407 e. The van der Waals surface area contributed by atoms with Crippen LogP contribution >= 0.6 is 0 Å². The average molecular weight is 762 g/mol. The molecule has 1 aromatic carbocycles. The summed E-state index contributed by atoms with van der Waals surface area (Å²) in [5, 5.41) is 26.2. The minimum atomic E-state index is -1.25. The largest absolute Gasteiger partial charge is 0.465 e. The van der Waals surface area contributed by atoms with Gasteiger partial charge in [-0.25, -0.2) is 4.79 Å². The van der Waals surface area contributed by atoms with Crippen molar-refractivity contribution in [3.8, 4) is 0 Å². The van der Waals surface area contributed by atoms with Gasteiger partial charge in [-0.05, 0) is 43.1 Å². The van der Waals surface area contributed by atoms with Crippen molar-refractivity contribution >= 4 is 29.7 Å². The van der Waals surface area contributed by atoms with E-state index < -0.39 is 60.4 Å². The van der Waals surface area contributed by atoms with Gasteiger partial charge in [-0.15, -0.1) is 0 Å². The monoisotopic (exact) mass is 761 g/mol. The molecule has 4 N–H and O–H groups in total. The van der Waals surface area contributed by atoms with Gasteiger partial charge in [0.1, 0.15) is 12.1 Å². The molecule has 1 aromatic rings. The maximum absolute atomic E-state index is 14.2. The summed E-state index contributed by atoms with van der Waals surface area (Å²) in [6, 6.07) is 5.67. The fraction of sp³-hybridized carbons (Fsp3) is 0.725. The van der Waals surface area contributed by atoms with E-state index in [0.717, 1.165) is 11.3 Å². The molecule has 5 amide bonds. The predicted molar refractivity (Wildman–Crippen MR) is 206 cm³/mol. The molecule has 0 aliphatic carbocycles. The molecule has 0 radical (unpaired) electrons. The van der Waals surface area contributed by atoms with Crippen LogP contribution in [0.25, 0.3) is 0 Å². The number of likely N-dealkylation sites (tertiary alicyclic amines) is 1. The molecule has 1 saturated heterocycles. The van der Waals surface area contributed by atoms with Gasteiger partial charge in [0, 0.05) is 34.9 Å². The molecule has 1 heterocycles. The fourth-order valence-corrected chi connectivity index (χ4v) is 7.70. The van der Waals surface area contributed by atoms with Crippen molar-refractivity contribution in [3.63, 3.8) is 0 Å². The Labute approximate surface area is 322 Å². The Bertz CT molecular complexity index is 1380. The summed E-state index contributed by atoms with van der Waals surface area (Å²) in [6.07, 6.45) is -1.45. The summed E-state index contributed by atoms with van der Waals surface area (Å²) in [5.41, 5.74) is 0.692. The molecular weight excluding hydrogens is 694 g/mol. The van der Waals surface area contributed by atoms with E-state index in [9.17, 15) is 34.2 Å². The van der Waals surface area contributed by atoms with E-state index in [2.05, 4.69) is 10.6 Å². The summed E-state index contributed by atoms with van der Waals surface area (Å²) in [6.45, 7) is 15.1. The second kappa shape index (κ2) is 21.4. The van der Waals surface area contributed by atoms with Crippen molar-refractivity contribution in [2.45, 2.75) is 130 Å². The highest BCUT2D eigenvalue weighted by atomic mass is 16.5. The Balaban J connectivity index is 2.27. The van der Waals surface area contributed by atoms with E-state index in [0.29, 0.717) is 24.9 Å². The standard InChI is InChI=1S/C40H67N5O9/c1-13-25(6)34(43(9)39(50)32(23(2)3)42-38(49)33(24(4)5)44(10)40(51)52)30(53-11)22-31(46)45-21-17-20-29(45)36(54-12)26(7)37(48)41-27(8)35(47)28-18-15-14-16-19-28/h14-16,18-19,23-27,29-30,32-36,47H,13,17,20-22H2,1-12H3,(H,41,48)(H,42,49)(H,51,52)/t25-,26-,27-,29?,30-,32?,33?,34+,35-,36-/m1/s1. The predicted octanol–water partition coefficient (Wildman–Crippen LogP) is 3.92. The first-order valence-corrected chi connectivity index (χ1v) is 19.2. The van der Waals surface area contributed by atoms with Crippen LogP contribution in [0.1, 0.15) is 92.7 Å². The van der Waals surface area contributed by atoms with Crippen LogP contribution in [0, 0.1) is 23.7 Å². The van der Waals surface area contributed by atoms with Gasteiger partial charge in [0.05, 0.1) is 48.8 Å². The zero-order chi connectivity index (χ0) is 41.0. The lowest BCUT2D eigenvalue weighted by Crippen LogP contribution is -2.60. The molecule has 0 spiro atoms. The lowest BCUT2D eigenvalue weighted by molar-refractivity contribution is -0.148. The Morgan fingerprint density at radius 1 is 0.889 bits per heavy atom. The highest BCUT2D eigenvalue weighted by Crippen LogP contribution is 2.30. The Kier molecular flexibility index (Phi) is 18.4. The summed E-state index contributed by atoms with van der Waals surface area (Å²) >= 11 is 0. The summed E-state index contributed by atoms with van der Waals surface area (Å²) < 4.78 is 11.9. The van der Waals surface area contributed by atoms with Crippen LogP contribution in [-0.4, -0.2) is 132 Å². The Morgan fingerprint density at radius 2 is 1.50 bits per heavy atom. The number of carbonyl (C=O) groups excluding carboxylic acids is 4. The number of rotatable bonds is 20. The van der Waals surface area contributed by atoms with Crippen LogP contribution in [0.3, 0.4) is 0 Å². The number of hydrogen-bond donors (Lipinski definition) is 4. The van der Waals surface area contributed by atoms with Crippen molar-refractivity contribution in [2.24, 2.45) is 23.7 Å². The van der Waals surface area contributed by atoms with Crippen molar-refractivity contribution < 1.29 is 43.7 Å².